The Hall–Kier alpha value is -3.07. The molecule has 0 bridgehead atoms. The van der Waals surface area contributed by atoms with E-state index in [-0.39, 0.29) is 23.1 Å². The standard InChI is InChI=1S/C26H35NO7S/c1-6-13-33-22-11-10-19(35-22)14-17(3)18(4)24(29)23-20(28)15-21(34-25(23)30)16(2)9-7-8-12-27-26(31)32-5/h8,10-12,15-18,28H,6-7,9,13-14H2,1-5H3,(H,27,31)/b12-8+. The summed E-state index contributed by atoms with van der Waals surface area (Å²) in [6.45, 7) is 8.28. The van der Waals surface area contributed by atoms with Gasteiger partial charge in [-0.2, -0.15) is 0 Å². The maximum Gasteiger partial charge on any atom is 0.410 e. The molecule has 192 valence electrons. The van der Waals surface area contributed by atoms with Gasteiger partial charge in [-0.05, 0) is 43.7 Å². The predicted molar refractivity (Wildman–Crippen MR) is 135 cm³/mol. The molecule has 2 aromatic rings. The second-order valence-corrected chi connectivity index (χ2v) is 9.75. The zero-order valence-electron chi connectivity index (χ0n) is 21.0. The van der Waals surface area contributed by atoms with Crippen molar-refractivity contribution in [3.63, 3.8) is 0 Å². The molecule has 0 saturated carbocycles. The molecule has 2 aromatic heterocycles. The molecule has 0 spiro atoms. The molecule has 35 heavy (non-hydrogen) atoms. The van der Waals surface area contributed by atoms with Gasteiger partial charge in [-0.3, -0.25) is 10.1 Å². The lowest BCUT2D eigenvalue weighted by molar-refractivity contribution is 0.0885. The molecule has 0 aliphatic heterocycles. The zero-order chi connectivity index (χ0) is 26.0. The van der Waals surface area contributed by atoms with Crippen LogP contribution in [0, 0.1) is 11.8 Å². The first kappa shape index (κ1) is 28.2. The number of allylic oxidation sites excluding steroid dienone is 1. The van der Waals surface area contributed by atoms with Crippen LogP contribution in [0.15, 0.2) is 39.7 Å². The van der Waals surface area contributed by atoms with Gasteiger partial charge >= 0.3 is 11.7 Å². The van der Waals surface area contributed by atoms with E-state index in [1.54, 1.807) is 24.3 Å². The number of Topliss-reactive ketones (excluding diaryl/α,β-unsaturated/α-hetero) is 1. The molecule has 1 amide bonds. The molecule has 0 fully saturated rings. The summed E-state index contributed by atoms with van der Waals surface area (Å²) < 4.78 is 15.5. The summed E-state index contributed by atoms with van der Waals surface area (Å²) in [5.41, 5.74) is -1.13. The number of thiophene rings is 1. The van der Waals surface area contributed by atoms with Crippen molar-refractivity contribution in [2.75, 3.05) is 13.7 Å². The fourth-order valence-corrected chi connectivity index (χ4v) is 4.47. The molecule has 0 radical (unpaired) electrons. The van der Waals surface area contributed by atoms with Gasteiger partial charge in [0, 0.05) is 29.0 Å². The van der Waals surface area contributed by atoms with Gasteiger partial charge in [0.25, 0.3) is 0 Å². The summed E-state index contributed by atoms with van der Waals surface area (Å²) >= 11 is 1.55. The third kappa shape index (κ3) is 8.28. The Labute approximate surface area is 210 Å². The summed E-state index contributed by atoms with van der Waals surface area (Å²) in [6, 6.07) is 5.27. The Balaban J connectivity index is 2.02. The van der Waals surface area contributed by atoms with Crippen LogP contribution in [0.4, 0.5) is 4.79 Å². The number of ketones is 1. The lowest BCUT2D eigenvalue weighted by atomic mass is 9.86. The van der Waals surface area contributed by atoms with Crippen LogP contribution in [0.1, 0.15) is 73.9 Å². The van der Waals surface area contributed by atoms with Crippen molar-refractivity contribution in [1.82, 2.24) is 5.32 Å². The minimum atomic E-state index is -0.829. The third-order valence-electron chi connectivity index (χ3n) is 5.83. The van der Waals surface area contributed by atoms with E-state index >= 15 is 0 Å². The summed E-state index contributed by atoms with van der Waals surface area (Å²) in [7, 11) is 1.28. The van der Waals surface area contributed by atoms with E-state index in [4.69, 9.17) is 9.15 Å². The average Bonchev–Trinajstić information content (AvgIpc) is 3.27. The smallest absolute Gasteiger partial charge is 0.410 e. The van der Waals surface area contributed by atoms with Crippen LogP contribution in [0.3, 0.4) is 0 Å². The number of hydrogen-bond donors (Lipinski definition) is 2. The second-order valence-electron chi connectivity index (χ2n) is 8.62. The molecule has 2 rings (SSSR count). The fourth-order valence-electron chi connectivity index (χ4n) is 3.45. The van der Waals surface area contributed by atoms with Gasteiger partial charge in [0.15, 0.2) is 10.8 Å². The molecule has 8 nitrogen and oxygen atoms in total. The Morgan fingerprint density at radius 2 is 2.00 bits per heavy atom. The second kappa shape index (κ2) is 13.7. The Morgan fingerprint density at radius 1 is 1.26 bits per heavy atom. The van der Waals surface area contributed by atoms with E-state index in [1.807, 2.05) is 32.9 Å². The lowest BCUT2D eigenvalue weighted by Gasteiger charge is -2.18. The largest absolute Gasteiger partial charge is 0.507 e. The van der Waals surface area contributed by atoms with Gasteiger partial charge in [0.2, 0.25) is 0 Å². The first-order valence-electron chi connectivity index (χ1n) is 11.8. The first-order valence-corrected chi connectivity index (χ1v) is 12.6. The molecule has 3 unspecified atom stereocenters. The van der Waals surface area contributed by atoms with Crippen molar-refractivity contribution in [2.45, 2.75) is 59.3 Å². The van der Waals surface area contributed by atoms with Crippen LogP contribution in [-0.4, -0.2) is 30.7 Å². The average molecular weight is 506 g/mol. The Morgan fingerprint density at radius 3 is 2.66 bits per heavy atom. The molecule has 0 aromatic carbocycles. The van der Waals surface area contributed by atoms with Crippen LogP contribution in [-0.2, 0) is 11.2 Å². The highest BCUT2D eigenvalue weighted by molar-refractivity contribution is 7.13. The highest BCUT2D eigenvalue weighted by Crippen LogP contribution is 2.31. The third-order valence-corrected chi connectivity index (χ3v) is 6.85. The molecule has 9 heteroatoms. The van der Waals surface area contributed by atoms with Crippen LogP contribution < -0.4 is 15.7 Å². The monoisotopic (exact) mass is 505 g/mol. The molecule has 2 N–H and O–H groups in total. The summed E-state index contributed by atoms with van der Waals surface area (Å²) in [5.74, 6) is -1.21. The molecule has 0 aliphatic rings. The number of carbonyl (C=O) groups is 2. The van der Waals surface area contributed by atoms with Gasteiger partial charge in [0.1, 0.15) is 17.1 Å². The normalized spacial score (nSPS) is 13.9. The lowest BCUT2D eigenvalue weighted by Crippen LogP contribution is -2.26. The van der Waals surface area contributed by atoms with E-state index in [2.05, 4.69) is 10.1 Å². The SMILES string of the molecule is CCCOc1ccc(CC(C)C(C)C(=O)c2c(O)cc(C(C)CC/C=C/NC(=O)OC)oc2=O)s1. The van der Waals surface area contributed by atoms with E-state index < -0.39 is 23.4 Å². The van der Waals surface area contributed by atoms with E-state index in [0.29, 0.717) is 31.6 Å². The number of hydrogen-bond acceptors (Lipinski definition) is 8. The number of rotatable bonds is 13. The van der Waals surface area contributed by atoms with Crippen molar-refractivity contribution in [2.24, 2.45) is 11.8 Å². The molecule has 0 saturated heterocycles. The quantitative estimate of drug-likeness (QED) is 0.338. The summed E-state index contributed by atoms with van der Waals surface area (Å²) in [5, 5.41) is 13.8. The number of carbonyl (C=O) groups excluding carboxylic acids is 2. The molecule has 3 atom stereocenters. The molecular weight excluding hydrogens is 470 g/mol. The molecule has 0 aliphatic carbocycles. The van der Waals surface area contributed by atoms with E-state index in [0.717, 1.165) is 16.4 Å². The summed E-state index contributed by atoms with van der Waals surface area (Å²) in [6.07, 6.45) is 5.46. The van der Waals surface area contributed by atoms with Gasteiger partial charge in [0.05, 0.1) is 13.7 Å². The van der Waals surface area contributed by atoms with Crippen molar-refractivity contribution in [3.05, 3.63) is 57.1 Å². The van der Waals surface area contributed by atoms with Crippen LogP contribution in [0.5, 0.6) is 10.8 Å². The van der Waals surface area contributed by atoms with Crippen molar-refractivity contribution in [1.29, 1.82) is 0 Å². The Bertz CT molecular complexity index is 1070. The molecule has 2 heterocycles. The van der Waals surface area contributed by atoms with E-state index in [9.17, 15) is 19.5 Å². The maximum absolute atomic E-state index is 13.1. The minimum Gasteiger partial charge on any atom is -0.507 e. The van der Waals surface area contributed by atoms with Crippen LogP contribution in [0.25, 0.3) is 0 Å². The molecular formula is C26H35NO7S. The van der Waals surface area contributed by atoms with E-state index in [1.165, 1.54) is 19.4 Å². The number of amides is 1. The van der Waals surface area contributed by atoms with Crippen molar-refractivity contribution in [3.8, 4) is 10.8 Å². The predicted octanol–water partition coefficient (Wildman–Crippen LogP) is 5.65. The number of nitrogens with one attached hydrogen (secondary N) is 1. The maximum atomic E-state index is 13.1. The first-order chi connectivity index (χ1) is 16.7. The zero-order valence-corrected chi connectivity index (χ0v) is 21.8. The number of alkyl carbamates (subject to hydrolysis) is 1. The fraction of sp³-hybridized carbons (Fsp3) is 0.500. The highest BCUT2D eigenvalue weighted by atomic mass is 32.1. The van der Waals surface area contributed by atoms with Gasteiger partial charge in [-0.1, -0.05) is 33.8 Å². The number of ether oxygens (including phenoxy) is 2. The van der Waals surface area contributed by atoms with Crippen molar-refractivity contribution >= 4 is 23.2 Å². The number of aromatic hydroxyl groups is 1. The van der Waals surface area contributed by atoms with Crippen molar-refractivity contribution < 1.29 is 28.6 Å². The van der Waals surface area contributed by atoms with Gasteiger partial charge < -0.3 is 19.0 Å². The van der Waals surface area contributed by atoms with Gasteiger partial charge in [-0.15, -0.1) is 11.3 Å². The Kier molecular flexibility index (Phi) is 11.0. The van der Waals surface area contributed by atoms with Crippen LogP contribution >= 0.6 is 11.3 Å². The van der Waals surface area contributed by atoms with Crippen LogP contribution in [0.2, 0.25) is 0 Å². The highest BCUT2D eigenvalue weighted by Gasteiger charge is 2.28. The minimum absolute atomic E-state index is 0.0528. The summed E-state index contributed by atoms with van der Waals surface area (Å²) in [4.78, 5) is 37.8. The number of methoxy groups -OCH3 is 1. The topological polar surface area (TPSA) is 115 Å². The van der Waals surface area contributed by atoms with Gasteiger partial charge in [-0.25, -0.2) is 9.59 Å².